The van der Waals surface area contributed by atoms with Gasteiger partial charge in [0.05, 0.1) is 11.4 Å². The number of aryl methyl sites for hydroxylation is 2. The maximum absolute atomic E-state index is 12.7. The summed E-state index contributed by atoms with van der Waals surface area (Å²) in [6, 6.07) is 14.8. The van der Waals surface area contributed by atoms with E-state index >= 15 is 0 Å². The van der Waals surface area contributed by atoms with Gasteiger partial charge < -0.3 is 4.90 Å². The quantitative estimate of drug-likeness (QED) is 0.641. The normalized spacial score (nSPS) is 13.5. The van der Waals surface area contributed by atoms with E-state index in [1.165, 1.54) is 34.0 Å². The molecule has 3 aromatic rings. The van der Waals surface area contributed by atoms with Gasteiger partial charge in [-0.1, -0.05) is 48.2 Å². The first-order valence-electron chi connectivity index (χ1n) is 9.20. The molecule has 4 nitrogen and oxygen atoms in total. The summed E-state index contributed by atoms with van der Waals surface area (Å²) in [7, 11) is 0. The standard InChI is InChI=1S/C22H23N3OS/c1-16-7-8-17(2)20(13-16)25-12-10-23-22(25)27-15-21(26)24-11-9-18-5-3-4-6-19(18)14-24/h3-8,10,12-13H,9,11,14-15H2,1-2H3. The molecule has 0 atom stereocenters. The van der Waals surface area contributed by atoms with E-state index < -0.39 is 0 Å². The van der Waals surface area contributed by atoms with Gasteiger partial charge in [0.15, 0.2) is 5.16 Å². The van der Waals surface area contributed by atoms with Crippen molar-refractivity contribution in [2.75, 3.05) is 12.3 Å². The van der Waals surface area contributed by atoms with Crippen molar-refractivity contribution in [2.24, 2.45) is 0 Å². The van der Waals surface area contributed by atoms with Gasteiger partial charge in [0, 0.05) is 25.5 Å². The highest BCUT2D eigenvalue weighted by Crippen LogP contribution is 2.25. The molecule has 0 saturated carbocycles. The van der Waals surface area contributed by atoms with Crippen LogP contribution in [0.3, 0.4) is 0 Å². The minimum absolute atomic E-state index is 0.171. The summed E-state index contributed by atoms with van der Waals surface area (Å²) in [5.74, 6) is 0.578. The first-order chi connectivity index (χ1) is 13.1. The van der Waals surface area contributed by atoms with Gasteiger partial charge in [-0.25, -0.2) is 4.98 Å². The molecule has 138 valence electrons. The number of aromatic nitrogens is 2. The first kappa shape index (κ1) is 17.9. The van der Waals surface area contributed by atoms with Crippen molar-refractivity contribution in [3.63, 3.8) is 0 Å². The molecule has 0 aliphatic carbocycles. The first-order valence-corrected chi connectivity index (χ1v) is 10.2. The number of rotatable bonds is 4. The zero-order valence-corrected chi connectivity index (χ0v) is 16.5. The molecule has 1 aliphatic rings. The van der Waals surface area contributed by atoms with Crippen LogP contribution in [0.1, 0.15) is 22.3 Å². The molecule has 0 unspecified atom stereocenters. The third-order valence-electron chi connectivity index (χ3n) is 5.04. The largest absolute Gasteiger partial charge is 0.337 e. The van der Waals surface area contributed by atoms with Crippen molar-refractivity contribution in [3.05, 3.63) is 77.1 Å². The summed E-state index contributed by atoms with van der Waals surface area (Å²) in [5.41, 5.74) is 6.15. The Balaban J connectivity index is 1.45. The molecule has 0 fully saturated rings. The van der Waals surface area contributed by atoms with Gasteiger partial charge in [-0.15, -0.1) is 0 Å². The van der Waals surface area contributed by atoms with E-state index in [-0.39, 0.29) is 5.91 Å². The van der Waals surface area contributed by atoms with Crippen LogP contribution in [-0.4, -0.2) is 32.7 Å². The van der Waals surface area contributed by atoms with Crippen LogP contribution in [0.4, 0.5) is 0 Å². The second-order valence-electron chi connectivity index (χ2n) is 6.99. The number of thioether (sulfide) groups is 1. The minimum atomic E-state index is 0.171. The lowest BCUT2D eigenvalue weighted by Gasteiger charge is -2.28. The molecule has 5 heteroatoms. The number of carbonyl (C=O) groups is 1. The number of carbonyl (C=O) groups excluding carboxylic acids is 1. The van der Waals surface area contributed by atoms with Gasteiger partial charge in [-0.05, 0) is 48.6 Å². The van der Waals surface area contributed by atoms with Crippen LogP contribution in [0.25, 0.3) is 5.69 Å². The highest BCUT2D eigenvalue weighted by Gasteiger charge is 2.21. The molecule has 1 aliphatic heterocycles. The Morgan fingerprint density at radius 3 is 2.81 bits per heavy atom. The fraction of sp³-hybridized carbons (Fsp3) is 0.273. The number of hydrogen-bond acceptors (Lipinski definition) is 3. The zero-order chi connectivity index (χ0) is 18.8. The molecule has 4 rings (SSSR count). The van der Waals surface area contributed by atoms with Crippen molar-refractivity contribution < 1.29 is 4.79 Å². The smallest absolute Gasteiger partial charge is 0.233 e. The van der Waals surface area contributed by atoms with E-state index in [2.05, 4.69) is 59.8 Å². The Hall–Kier alpha value is -2.53. The van der Waals surface area contributed by atoms with Crippen molar-refractivity contribution in [1.82, 2.24) is 14.5 Å². The van der Waals surface area contributed by atoms with E-state index in [9.17, 15) is 4.79 Å². The third kappa shape index (κ3) is 3.78. The zero-order valence-electron chi connectivity index (χ0n) is 15.7. The summed E-state index contributed by atoms with van der Waals surface area (Å²) in [6.07, 6.45) is 4.70. The highest BCUT2D eigenvalue weighted by molar-refractivity contribution is 7.99. The summed E-state index contributed by atoms with van der Waals surface area (Å²) >= 11 is 1.51. The average molecular weight is 378 g/mol. The van der Waals surface area contributed by atoms with Crippen LogP contribution < -0.4 is 0 Å². The molecule has 0 radical (unpaired) electrons. The van der Waals surface area contributed by atoms with Crippen LogP contribution in [0.5, 0.6) is 0 Å². The monoisotopic (exact) mass is 377 g/mol. The average Bonchev–Trinajstić information content (AvgIpc) is 3.16. The van der Waals surface area contributed by atoms with E-state index in [0.29, 0.717) is 12.3 Å². The third-order valence-corrected chi connectivity index (χ3v) is 5.99. The highest BCUT2D eigenvalue weighted by atomic mass is 32.2. The molecule has 2 aromatic carbocycles. The maximum atomic E-state index is 12.7. The van der Waals surface area contributed by atoms with Crippen molar-refractivity contribution in [2.45, 2.75) is 32.0 Å². The van der Waals surface area contributed by atoms with Crippen molar-refractivity contribution >= 4 is 17.7 Å². The van der Waals surface area contributed by atoms with Crippen LogP contribution in [-0.2, 0) is 17.8 Å². The van der Waals surface area contributed by atoms with E-state index in [4.69, 9.17) is 0 Å². The number of nitrogens with zero attached hydrogens (tertiary/aromatic N) is 3. The van der Waals surface area contributed by atoms with Crippen LogP contribution in [0.15, 0.2) is 60.0 Å². The van der Waals surface area contributed by atoms with Gasteiger partial charge in [0.1, 0.15) is 0 Å². The second kappa shape index (κ2) is 7.61. The van der Waals surface area contributed by atoms with E-state index in [1.54, 1.807) is 6.20 Å². The lowest BCUT2D eigenvalue weighted by Crippen LogP contribution is -2.37. The summed E-state index contributed by atoms with van der Waals surface area (Å²) in [5, 5.41) is 0.856. The fourth-order valence-corrected chi connectivity index (χ4v) is 4.35. The van der Waals surface area contributed by atoms with Crippen LogP contribution in [0, 0.1) is 13.8 Å². The molecule has 0 saturated heterocycles. The molecule has 0 bridgehead atoms. The second-order valence-corrected chi connectivity index (χ2v) is 7.93. The Bertz CT molecular complexity index is 979. The number of benzene rings is 2. The Morgan fingerprint density at radius 1 is 1.15 bits per heavy atom. The summed E-state index contributed by atoms with van der Waals surface area (Å²) < 4.78 is 2.08. The number of imidazole rings is 1. The molecule has 1 amide bonds. The number of fused-ring (bicyclic) bond motifs is 1. The molecule has 27 heavy (non-hydrogen) atoms. The van der Waals surface area contributed by atoms with E-state index in [0.717, 1.165) is 23.8 Å². The topological polar surface area (TPSA) is 38.1 Å². The van der Waals surface area contributed by atoms with Gasteiger partial charge >= 0.3 is 0 Å². The summed E-state index contributed by atoms with van der Waals surface area (Å²) in [4.78, 5) is 19.2. The van der Waals surface area contributed by atoms with Crippen LogP contribution in [0.2, 0.25) is 0 Å². The Kier molecular flexibility index (Phi) is 5.03. The molecule has 0 spiro atoms. The fourth-order valence-electron chi connectivity index (χ4n) is 3.49. The van der Waals surface area contributed by atoms with Gasteiger partial charge in [0.25, 0.3) is 0 Å². The lowest BCUT2D eigenvalue weighted by atomic mass is 10.00. The summed E-state index contributed by atoms with van der Waals surface area (Å²) in [6.45, 7) is 5.69. The van der Waals surface area contributed by atoms with Crippen molar-refractivity contribution in [1.29, 1.82) is 0 Å². The molecule has 1 aromatic heterocycles. The Labute approximate surface area is 164 Å². The van der Waals surface area contributed by atoms with Gasteiger partial charge in [0.2, 0.25) is 5.91 Å². The SMILES string of the molecule is Cc1ccc(C)c(-n2ccnc2SCC(=O)N2CCc3ccccc3C2)c1. The van der Waals surface area contributed by atoms with Crippen molar-refractivity contribution in [3.8, 4) is 5.69 Å². The van der Waals surface area contributed by atoms with Crippen LogP contribution >= 0.6 is 11.8 Å². The Morgan fingerprint density at radius 2 is 1.96 bits per heavy atom. The maximum Gasteiger partial charge on any atom is 0.233 e. The molecular formula is C22H23N3OS. The van der Waals surface area contributed by atoms with Gasteiger partial charge in [-0.2, -0.15) is 0 Å². The predicted octanol–water partition coefficient (Wildman–Crippen LogP) is 4.17. The van der Waals surface area contributed by atoms with E-state index in [1.807, 2.05) is 17.2 Å². The minimum Gasteiger partial charge on any atom is -0.337 e. The van der Waals surface area contributed by atoms with Gasteiger partial charge in [-0.3, -0.25) is 9.36 Å². The molecular weight excluding hydrogens is 354 g/mol. The number of amides is 1. The lowest BCUT2D eigenvalue weighted by molar-refractivity contribution is -0.129. The number of hydrogen-bond donors (Lipinski definition) is 0. The molecule has 0 N–H and O–H groups in total. The predicted molar refractivity (Wildman–Crippen MR) is 109 cm³/mol. The molecule has 2 heterocycles.